The molecule has 3 nitrogen and oxygen atoms in total. The fourth-order valence-electron chi connectivity index (χ4n) is 1.76. The van der Waals surface area contributed by atoms with Gasteiger partial charge in [-0.05, 0) is 26.1 Å². The summed E-state index contributed by atoms with van der Waals surface area (Å²) >= 11 is 0. The Morgan fingerprint density at radius 3 is 2.29 bits per heavy atom. The Kier molecular flexibility index (Phi) is 2.40. The first-order valence-electron chi connectivity index (χ1n) is 4.72. The molecule has 4 heteroatoms. The maximum Gasteiger partial charge on any atom is 0.184 e. The van der Waals surface area contributed by atoms with Crippen molar-refractivity contribution < 1.29 is 14.3 Å². The molecule has 1 rings (SSSR count). The molecule has 0 aromatic rings. The fourth-order valence-corrected chi connectivity index (χ4v) is 3.23. The Hall–Kier alpha value is -0.613. The minimum atomic E-state index is -1.75. The van der Waals surface area contributed by atoms with Crippen LogP contribution in [-0.2, 0) is 9.22 Å². The Balaban J connectivity index is 2.85. The van der Waals surface area contributed by atoms with Gasteiger partial charge in [0.05, 0.1) is 11.6 Å². The molecule has 0 spiro atoms. The third-order valence-electron chi connectivity index (χ3n) is 2.69. The fraction of sp³-hybridized carbons (Fsp3) is 0.700. The highest BCUT2D eigenvalue weighted by molar-refractivity contribution is 6.69. The number of carboxylic acid groups (broad SMARTS) is 1. The number of carboxylic acids is 1. The predicted molar refractivity (Wildman–Crippen MR) is 55.1 cm³/mol. The minimum Gasteiger partial charge on any atom is -0.549 e. The Bertz CT molecular complexity index is 282. The van der Waals surface area contributed by atoms with Crippen LogP contribution in [0.3, 0.4) is 0 Å². The van der Waals surface area contributed by atoms with Crippen molar-refractivity contribution in [1.82, 2.24) is 0 Å². The van der Waals surface area contributed by atoms with Gasteiger partial charge < -0.3 is 14.3 Å². The summed E-state index contributed by atoms with van der Waals surface area (Å²) in [5.41, 5.74) is -1.56. The molecular formula is C10H17O3Si-. The van der Waals surface area contributed by atoms with Gasteiger partial charge in [0.25, 0.3) is 0 Å². The SMILES string of the molecule is C=CC1(O[Si](C)(C)C)CC1(C)C(=O)[O-]. The second kappa shape index (κ2) is 2.94. The summed E-state index contributed by atoms with van der Waals surface area (Å²) in [6.45, 7) is 11.4. The molecule has 14 heavy (non-hydrogen) atoms. The van der Waals surface area contributed by atoms with E-state index in [-0.39, 0.29) is 0 Å². The van der Waals surface area contributed by atoms with Gasteiger partial charge in [-0.2, -0.15) is 0 Å². The van der Waals surface area contributed by atoms with Gasteiger partial charge in [-0.3, -0.25) is 0 Å². The molecule has 1 saturated carbocycles. The topological polar surface area (TPSA) is 49.4 Å². The second-order valence-corrected chi connectivity index (χ2v) is 9.53. The maximum absolute atomic E-state index is 10.9. The molecule has 0 aliphatic heterocycles. The highest BCUT2D eigenvalue weighted by Gasteiger charge is 2.65. The van der Waals surface area contributed by atoms with Crippen molar-refractivity contribution >= 4 is 14.3 Å². The van der Waals surface area contributed by atoms with Gasteiger partial charge >= 0.3 is 0 Å². The predicted octanol–water partition coefficient (Wildman–Crippen LogP) is 0.923. The second-order valence-electron chi connectivity index (χ2n) is 5.10. The monoisotopic (exact) mass is 213 g/mol. The van der Waals surface area contributed by atoms with Crippen LogP contribution in [0.4, 0.5) is 0 Å². The maximum atomic E-state index is 10.9. The molecule has 0 radical (unpaired) electrons. The van der Waals surface area contributed by atoms with Gasteiger partial charge in [-0.25, -0.2) is 0 Å². The van der Waals surface area contributed by atoms with Gasteiger partial charge in [0.15, 0.2) is 8.32 Å². The zero-order valence-corrected chi connectivity index (χ0v) is 10.2. The smallest absolute Gasteiger partial charge is 0.184 e. The molecule has 2 atom stereocenters. The molecule has 80 valence electrons. The summed E-state index contributed by atoms with van der Waals surface area (Å²) < 4.78 is 5.86. The normalized spacial score (nSPS) is 36.6. The van der Waals surface area contributed by atoms with Crippen LogP contribution < -0.4 is 5.11 Å². The van der Waals surface area contributed by atoms with Crippen LogP contribution in [0.2, 0.25) is 19.6 Å². The Morgan fingerprint density at radius 1 is 1.57 bits per heavy atom. The molecule has 2 unspecified atom stereocenters. The van der Waals surface area contributed by atoms with Crippen molar-refractivity contribution in [3.05, 3.63) is 12.7 Å². The Labute approximate surface area is 85.9 Å². The summed E-state index contributed by atoms with van der Waals surface area (Å²) in [6.07, 6.45) is 2.09. The van der Waals surface area contributed by atoms with Gasteiger partial charge in [-0.15, -0.1) is 6.58 Å². The highest BCUT2D eigenvalue weighted by atomic mass is 28.4. The molecule has 0 saturated heterocycles. The van der Waals surface area contributed by atoms with Gasteiger partial charge in [-0.1, -0.05) is 13.0 Å². The number of carbonyl (C=O) groups excluding carboxylic acids is 1. The van der Waals surface area contributed by atoms with Crippen LogP contribution >= 0.6 is 0 Å². The standard InChI is InChI=1S/C10H18O3Si/c1-6-10(13-14(3,4)5)7-9(10,2)8(11)12/h6H,1,7H2,2-5H3,(H,11,12)/p-1. The van der Waals surface area contributed by atoms with E-state index in [0.717, 1.165) is 0 Å². The highest BCUT2D eigenvalue weighted by Crippen LogP contribution is 2.60. The summed E-state index contributed by atoms with van der Waals surface area (Å²) in [6, 6.07) is 0. The van der Waals surface area contributed by atoms with Crippen LogP contribution in [0.25, 0.3) is 0 Å². The van der Waals surface area contributed by atoms with E-state index in [1.807, 2.05) is 19.6 Å². The molecule has 1 aliphatic carbocycles. The van der Waals surface area contributed by atoms with Crippen molar-refractivity contribution in [2.75, 3.05) is 0 Å². The average Bonchev–Trinajstić information content (AvgIpc) is 2.55. The molecule has 0 aromatic heterocycles. The zero-order chi connectivity index (χ0) is 11.2. The van der Waals surface area contributed by atoms with Crippen LogP contribution in [0.5, 0.6) is 0 Å². The number of carbonyl (C=O) groups is 1. The number of aliphatic carboxylic acids is 1. The first kappa shape index (κ1) is 11.5. The van der Waals surface area contributed by atoms with Gasteiger partial charge in [0, 0.05) is 5.41 Å². The average molecular weight is 213 g/mol. The first-order chi connectivity index (χ1) is 6.17. The summed E-state index contributed by atoms with van der Waals surface area (Å²) in [5, 5.41) is 10.9. The van der Waals surface area contributed by atoms with E-state index in [2.05, 4.69) is 6.58 Å². The van der Waals surface area contributed by atoms with Crippen molar-refractivity contribution in [1.29, 1.82) is 0 Å². The van der Waals surface area contributed by atoms with Crippen LogP contribution in [0.1, 0.15) is 13.3 Å². The number of hydrogen-bond acceptors (Lipinski definition) is 3. The third-order valence-corrected chi connectivity index (χ3v) is 3.67. The first-order valence-corrected chi connectivity index (χ1v) is 8.13. The van der Waals surface area contributed by atoms with E-state index >= 15 is 0 Å². The lowest BCUT2D eigenvalue weighted by atomic mass is 10.1. The zero-order valence-electron chi connectivity index (χ0n) is 9.22. The van der Waals surface area contributed by atoms with Crippen LogP contribution in [0.15, 0.2) is 12.7 Å². The minimum absolute atomic E-state index is 0.482. The van der Waals surface area contributed by atoms with Crippen LogP contribution in [-0.4, -0.2) is 19.9 Å². The molecule has 0 bridgehead atoms. The molecule has 1 fully saturated rings. The lowest BCUT2D eigenvalue weighted by Crippen LogP contribution is -2.41. The van der Waals surface area contributed by atoms with E-state index in [0.29, 0.717) is 6.42 Å². The largest absolute Gasteiger partial charge is 0.549 e. The van der Waals surface area contributed by atoms with Crippen molar-refractivity contribution in [2.45, 2.75) is 38.6 Å². The quantitative estimate of drug-likeness (QED) is 0.515. The van der Waals surface area contributed by atoms with E-state index in [4.69, 9.17) is 4.43 Å². The van der Waals surface area contributed by atoms with E-state index in [1.165, 1.54) is 0 Å². The summed E-state index contributed by atoms with van der Waals surface area (Å²) in [4.78, 5) is 10.9. The third kappa shape index (κ3) is 1.64. The molecule has 0 amide bonds. The summed E-state index contributed by atoms with van der Waals surface area (Å²) in [5.74, 6) is -1.05. The van der Waals surface area contributed by atoms with Crippen molar-refractivity contribution in [3.8, 4) is 0 Å². The summed E-state index contributed by atoms with van der Waals surface area (Å²) in [7, 11) is -1.75. The molecular weight excluding hydrogens is 196 g/mol. The Morgan fingerprint density at radius 2 is 2.07 bits per heavy atom. The molecule has 0 N–H and O–H groups in total. The van der Waals surface area contributed by atoms with E-state index in [9.17, 15) is 9.90 Å². The van der Waals surface area contributed by atoms with E-state index < -0.39 is 25.3 Å². The lowest BCUT2D eigenvalue weighted by Gasteiger charge is -2.28. The number of rotatable bonds is 4. The lowest BCUT2D eigenvalue weighted by molar-refractivity contribution is -0.314. The van der Waals surface area contributed by atoms with E-state index in [1.54, 1.807) is 13.0 Å². The van der Waals surface area contributed by atoms with Crippen molar-refractivity contribution in [2.24, 2.45) is 5.41 Å². The molecule has 1 aliphatic rings. The van der Waals surface area contributed by atoms with Crippen molar-refractivity contribution in [3.63, 3.8) is 0 Å². The molecule has 0 aromatic carbocycles. The van der Waals surface area contributed by atoms with Crippen LogP contribution in [0, 0.1) is 5.41 Å². The number of hydrogen-bond donors (Lipinski definition) is 0. The van der Waals surface area contributed by atoms with Gasteiger partial charge in [0.1, 0.15) is 0 Å². The molecule has 0 heterocycles. The van der Waals surface area contributed by atoms with Gasteiger partial charge in [0.2, 0.25) is 0 Å².